The molecule has 1 atom stereocenters. The average molecular weight is 488 g/mol. The monoisotopic (exact) mass is 487 g/mol. The summed E-state index contributed by atoms with van der Waals surface area (Å²) < 4.78 is 5.33. The zero-order valence-electron chi connectivity index (χ0n) is 20.3. The van der Waals surface area contributed by atoms with E-state index in [1.807, 2.05) is 36.6 Å². The van der Waals surface area contributed by atoms with Crippen LogP contribution in [0.4, 0.5) is 4.79 Å². The van der Waals surface area contributed by atoms with Crippen LogP contribution in [-0.2, 0) is 16.1 Å². The van der Waals surface area contributed by atoms with Crippen LogP contribution in [0.3, 0.4) is 0 Å². The number of nitrogens with one attached hydrogen (secondary N) is 2. The molecule has 0 unspecified atom stereocenters. The number of hydrazine groups is 1. The van der Waals surface area contributed by atoms with Crippen LogP contribution in [0, 0.1) is 6.92 Å². The van der Waals surface area contributed by atoms with Crippen molar-refractivity contribution in [3.8, 4) is 5.75 Å². The van der Waals surface area contributed by atoms with Crippen molar-refractivity contribution in [2.45, 2.75) is 52.3 Å². The van der Waals surface area contributed by atoms with E-state index >= 15 is 0 Å². The zero-order valence-corrected chi connectivity index (χ0v) is 21.1. The second-order valence-corrected chi connectivity index (χ2v) is 9.77. The van der Waals surface area contributed by atoms with Crippen molar-refractivity contribution in [3.63, 3.8) is 0 Å². The van der Waals surface area contributed by atoms with Crippen molar-refractivity contribution in [3.05, 3.63) is 65.2 Å². The Bertz CT molecular complexity index is 992. The number of benzene rings is 2. The van der Waals surface area contributed by atoms with Crippen LogP contribution in [-0.4, -0.2) is 51.7 Å². The molecule has 0 aliphatic rings. The van der Waals surface area contributed by atoms with Gasteiger partial charge in [-0.3, -0.25) is 9.59 Å². The van der Waals surface area contributed by atoms with Crippen molar-refractivity contribution >= 4 is 29.7 Å². The van der Waals surface area contributed by atoms with Gasteiger partial charge in [-0.1, -0.05) is 36.4 Å². The lowest BCUT2D eigenvalue weighted by atomic mass is 10.1. The Labute approximate surface area is 205 Å². The molecule has 0 aliphatic carbocycles. The number of ether oxygens (including phenoxy) is 1. The number of carbonyl (C=O) groups excluding carboxylic acids is 3. The van der Waals surface area contributed by atoms with Gasteiger partial charge in [-0.05, 0) is 63.8 Å². The van der Waals surface area contributed by atoms with Gasteiger partial charge in [0.2, 0.25) is 0 Å². The van der Waals surface area contributed by atoms with E-state index in [0.29, 0.717) is 17.7 Å². The molecule has 3 N–H and O–H groups in total. The van der Waals surface area contributed by atoms with Crippen LogP contribution in [0.1, 0.15) is 48.7 Å². The number of hydrogen-bond donors (Lipinski definition) is 3. The minimum Gasteiger partial charge on any atom is -0.508 e. The Morgan fingerprint density at radius 3 is 2.38 bits per heavy atom. The standard InChI is InChI=1S/C25H33N3O5S/c1-17-19(12-9-13-21(17)29)22(30)26-20(14-15-34-5)23(31)28(16-18-10-7-6-8-11-18)27-24(32)33-25(2,3)4/h6-13,20,29H,14-16H2,1-5H3,(H,26,30)(H,27,32)/t20-/m0/s1. The molecule has 8 nitrogen and oxygen atoms in total. The normalized spacial score (nSPS) is 11.9. The third-order valence-corrected chi connectivity index (χ3v) is 5.48. The number of phenolic OH excluding ortho intramolecular Hbond substituents is 1. The lowest BCUT2D eigenvalue weighted by Gasteiger charge is -2.29. The maximum absolute atomic E-state index is 13.6. The van der Waals surface area contributed by atoms with E-state index in [9.17, 15) is 19.5 Å². The van der Waals surface area contributed by atoms with E-state index in [4.69, 9.17) is 4.74 Å². The Morgan fingerprint density at radius 2 is 1.76 bits per heavy atom. The average Bonchev–Trinajstić information content (AvgIpc) is 2.76. The largest absolute Gasteiger partial charge is 0.508 e. The summed E-state index contributed by atoms with van der Waals surface area (Å²) in [6, 6.07) is 13.0. The van der Waals surface area contributed by atoms with Gasteiger partial charge in [-0.2, -0.15) is 11.8 Å². The molecule has 0 radical (unpaired) electrons. The predicted octanol–water partition coefficient (Wildman–Crippen LogP) is 4.02. The summed E-state index contributed by atoms with van der Waals surface area (Å²) in [6.45, 7) is 6.92. The smallest absolute Gasteiger partial charge is 0.426 e. The summed E-state index contributed by atoms with van der Waals surface area (Å²) in [5.74, 6) is -0.349. The van der Waals surface area contributed by atoms with E-state index < -0.39 is 29.6 Å². The first-order valence-corrected chi connectivity index (χ1v) is 12.3. The molecule has 2 rings (SSSR count). The molecule has 9 heteroatoms. The lowest BCUT2D eigenvalue weighted by Crippen LogP contribution is -2.55. The maximum Gasteiger partial charge on any atom is 0.426 e. The first-order chi connectivity index (χ1) is 16.0. The van der Waals surface area contributed by atoms with Gasteiger partial charge >= 0.3 is 6.09 Å². The second kappa shape index (κ2) is 12.3. The number of hydrogen-bond acceptors (Lipinski definition) is 6. The molecule has 0 saturated carbocycles. The fourth-order valence-corrected chi connectivity index (χ4v) is 3.61. The molecule has 0 heterocycles. The molecular formula is C25H33N3O5S. The molecule has 0 spiro atoms. The summed E-state index contributed by atoms with van der Waals surface area (Å²) in [6.07, 6.45) is 1.49. The SMILES string of the molecule is CSCC[C@H](NC(=O)c1cccc(O)c1C)C(=O)N(Cc1ccccc1)NC(=O)OC(C)(C)C. The molecule has 2 aromatic carbocycles. The van der Waals surface area contributed by atoms with Gasteiger partial charge in [0.05, 0.1) is 6.54 Å². The predicted molar refractivity (Wildman–Crippen MR) is 133 cm³/mol. The van der Waals surface area contributed by atoms with Crippen LogP contribution < -0.4 is 10.7 Å². The first kappa shape index (κ1) is 27.0. The van der Waals surface area contributed by atoms with E-state index in [2.05, 4.69) is 10.7 Å². The highest BCUT2D eigenvalue weighted by molar-refractivity contribution is 7.98. The topological polar surface area (TPSA) is 108 Å². The van der Waals surface area contributed by atoms with Crippen molar-refractivity contribution in [1.82, 2.24) is 15.8 Å². The van der Waals surface area contributed by atoms with Crippen LogP contribution in [0.5, 0.6) is 5.75 Å². The fourth-order valence-electron chi connectivity index (χ4n) is 3.14. The van der Waals surface area contributed by atoms with Gasteiger partial charge in [0.15, 0.2) is 0 Å². The Hall–Kier alpha value is -3.20. The Kier molecular flexibility index (Phi) is 9.80. The van der Waals surface area contributed by atoms with Crippen molar-refractivity contribution in [1.29, 1.82) is 0 Å². The van der Waals surface area contributed by atoms with Gasteiger partial charge in [0.1, 0.15) is 17.4 Å². The summed E-state index contributed by atoms with van der Waals surface area (Å²) in [5, 5.41) is 13.9. The second-order valence-electron chi connectivity index (χ2n) is 8.78. The molecule has 0 aromatic heterocycles. The van der Waals surface area contributed by atoms with Gasteiger partial charge in [-0.15, -0.1) is 0 Å². The molecule has 2 aromatic rings. The van der Waals surface area contributed by atoms with Crippen LogP contribution >= 0.6 is 11.8 Å². The van der Waals surface area contributed by atoms with Crippen LogP contribution in [0.2, 0.25) is 0 Å². The van der Waals surface area contributed by atoms with Crippen LogP contribution in [0.25, 0.3) is 0 Å². The maximum atomic E-state index is 13.6. The number of amides is 3. The van der Waals surface area contributed by atoms with E-state index in [0.717, 1.165) is 5.56 Å². The van der Waals surface area contributed by atoms with Gasteiger partial charge in [-0.25, -0.2) is 15.2 Å². The minimum absolute atomic E-state index is 0.00284. The number of phenols is 1. The van der Waals surface area contributed by atoms with Gasteiger partial charge in [0, 0.05) is 11.1 Å². The Morgan fingerprint density at radius 1 is 1.09 bits per heavy atom. The first-order valence-electron chi connectivity index (χ1n) is 10.9. The summed E-state index contributed by atoms with van der Waals surface area (Å²) in [7, 11) is 0. The van der Waals surface area contributed by atoms with Crippen molar-refractivity contribution in [2.75, 3.05) is 12.0 Å². The molecule has 184 valence electrons. The van der Waals surface area contributed by atoms with Gasteiger partial charge in [0.25, 0.3) is 11.8 Å². The van der Waals surface area contributed by atoms with E-state index in [-0.39, 0.29) is 17.9 Å². The number of rotatable bonds is 8. The fraction of sp³-hybridized carbons (Fsp3) is 0.400. The highest BCUT2D eigenvalue weighted by atomic mass is 32.2. The number of aromatic hydroxyl groups is 1. The molecule has 0 saturated heterocycles. The summed E-state index contributed by atoms with van der Waals surface area (Å²) in [4.78, 5) is 39.0. The number of nitrogens with zero attached hydrogens (tertiary/aromatic N) is 1. The molecule has 0 aliphatic heterocycles. The highest BCUT2D eigenvalue weighted by Crippen LogP contribution is 2.20. The third-order valence-electron chi connectivity index (χ3n) is 4.84. The lowest BCUT2D eigenvalue weighted by molar-refractivity contribution is -0.137. The van der Waals surface area contributed by atoms with Crippen LogP contribution in [0.15, 0.2) is 48.5 Å². The Balaban J connectivity index is 2.29. The zero-order chi connectivity index (χ0) is 25.3. The molecule has 34 heavy (non-hydrogen) atoms. The number of thioether (sulfide) groups is 1. The number of carbonyl (C=O) groups is 3. The molecular weight excluding hydrogens is 454 g/mol. The summed E-state index contributed by atoms with van der Waals surface area (Å²) >= 11 is 1.54. The summed E-state index contributed by atoms with van der Waals surface area (Å²) in [5.41, 5.74) is 3.28. The quantitative estimate of drug-likeness (QED) is 0.486. The molecule has 3 amide bonds. The van der Waals surface area contributed by atoms with Crippen molar-refractivity contribution in [2.24, 2.45) is 0 Å². The van der Waals surface area contributed by atoms with Crippen molar-refractivity contribution < 1.29 is 24.2 Å². The highest BCUT2D eigenvalue weighted by Gasteiger charge is 2.29. The minimum atomic E-state index is -0.902. The third kappa shape index (κ3) is 8.30. The molecule has 0 bridgehead atoms. The van der Waals surface area contributed by atoms with Gasteiger partial charge < -0.3 is 15.2 Å². The van der Waals surface area contributed by atoms with E-state index in [1.165, 1.54) is 22.8 Å². The van der Waals surface area contributed by atoms with E-state index in [1.54, 1.807) is 39.8 Å². The molecule has 0 fully saturated rings.